The zero-order valence-electron chi connectivity index (χ0n) is 18.9. The average Bonchev–Trinajstić information content (AvgIpc) is 3.57. The molecule has 0 aliphatic carbocycles. The van der Waals surface area contributed by atoms with Crippen LogP contribution in [0.3, 0.4) is 0 Å². The van der Waals surface area contributed by atoms with E-state index in [1.807, 2.05) is 54.1 Å². The Morgan fingerprint density at radius 2 is 1.82 bits per heavy atom. The van der Waals surface area contributed by atoms with Crippen LogP contribution in [0.1, 0.15) is 63.2 Å². The van der Waals surface area contributed by atoms with Crippen LogP contribution < -0.4 is 0 Å². The highest BCUT2D eigenvalue weighted by Crippen LogP contribution is 2.31. The maximum atomic E-state index is 14.6. The Labute approximate surface area is 191 Å². The number of tetrazole rings is 1. The molecule has 33 heavy (non-hydrogen) atoms. The number of aromatic amines is 1. The van der Waals surface area contributed by atoms with E-state index in [1.54, 1.807) is 4.68 Å². The normalized spacial score (nSPS) is 11.9. The molecule has 0 fully saturated rings. The molecule has 1 N–H and O–H groups in total. The molecule has 3 heterocycles. The van der Waals surface area contributed by atoms with Crippen molar-refractivity contribution in [3.05, 3.63) is 59.8 Å². The maximum Gasteiger partial charge on any atom is 0.308 e. The number of hydrogen-bond acceptors (Lipinski definition) is 5. The third kappa shape index (κ3) is 5.15. The number of benzene rings is 1. The lowest BCUT2D eigenvalue weighted by atomic mass is 10.1. The van der Waals surface area contributed by atoms with Gasteiger partial charge in [0.2, 0.25) is 5.82 Å². The number of hydrogen-bond donors (Lipinski definition) is 1. The standard InChI is InChI=1S/C23H28F2N8/c1-3-5-9-20-26-22(23(24,25)14-6-4-2)29-33(20)16-17-10-12-18(13-11-17)32-15-7-8-19(32)21-27-30-31-28-21/h7-8,10-13,15H,3-6,9,14,16H2,1-2H3,(H,27,28,30,31). The molecule has 0 amide bonds. The molecule has 0 bridgehead atoms. The molecule has 0 radical (unpaired) electrons. The van der Waals surface area contributed by atoms with Crippen molar-refractivity contribution in [1.29, 1.82) is 0 Å². The van der Waals surface area contributed by atoms with E-state index >= 15 is 0 Å². The van der Waals surface area contributed by atoms with Gasteiger partial charge in [0.25, 0.3) is 0 Å². The summed E-state index contributed by atoms with van der Waals surface area (Å²) in [5, 5.41) is 18.2. The predicted molar refractivity (Wildman–Crippen MR) is 120 cm³/mol. The first kappa shape index (κ1) is 22.8. The molecule has 0 saturated carbocycles. The molecule has 3 aromatic heterocycles. The second kappa shape index (κ2) is 10.0. The summed E-state index contributed by atoms with van der Waals surface area (Å²) < 4.78 is 32.8. The number of rotatable bonds is 11. The van der Waals surface area contributed by atoms with Crippen molar-refractivity contribution in [2.24, 2.45) is 0 Å². The highest BCUT2D eigenvalue weighted by molar-refractivity contribution is 5.54. The third-order valence-electron chi connectivity index (χ3n) is 5.56. The van der Waals surface area contributed by atoms with Gasteiger partial charge in [0.05, 0.1) is 12.2 Å². The van der Waals surface area contributed by atoms with Gasteiger partial charge >= 0.3 is 5.92 Å². The van der Waals surface area contributed by atoms with Crippen LogP contribution in [0.15, 0.2) is 42.6 Å². The predicted octanol–water partition coefficient (Wildman–Crippen LogP) is 4.92. The molecule has 1 aromatic carbocycles. The monoisotopic (exact) mass is 454 g/mol. The molecule has 0 aliphatic heterocycles. The van der Waals surface area contributed by atoms with Crippen molar-refractivity contribution in [3.8, 4) is 17.2 Å². The van der Waals surface area contributed by atoms with Crippen LogP contribution in [0, 0.1) is 0 Å². The van der Waals surface area contributed by atoms with Crippen LogP contribution in [0.2, 0.25) is 0 Å². The van der Waals surface area contributed by atoms with Crippen LogP contribution in [0.4, 0.5) is 8.78 Å². The highest BCUT2D eigenvalue weighted by Gasteiger charge is 2.36. The SMILES string of the molecule is CCCCc1nc(C(F)(F)CCCC)nn1Cc1ccc(-n2cccc2-c2nnn[nH]2)cc1. The van der Waals surface area contributed by atoms with E-state index in [2.05, 4.69) is 37.6 Å². The number of alkyl halides is 2. The smallest absolute Gasteiger partial charge is 0.308 e. The minimum Gasteiger partial charge on any atom is -0.314 e. The Morgan fingerprint density at radius 3 is 2.52 bits per heavy atom. The quantitative estimate of drug-likeness (QED) is 0.347. The van der Waals surface area contributed by atoms with E-state index in [1.165, 1.54) is 0 Å². The Kier molecular flexibility index (Phi) is 6.90. The number of H-pyrrole nitrogens is 1. The van der Waals surface area contributed by atoms with Crippen molar-refractivity contribution < 1.29 is 8.78 Å². The maximum absolute atomic E-state index is 14.6. The third-order valence-corrected chi connectivity index (χ3v) is 5.56. The first-order valence-corrected chi connectivity index (χ1v) is 11.3. The van der Waals surface area contributed by atoms with Crippen molar-refractivity contribution in [3.63, 3.8) is 0 Å². The summed E-state index contributed by atoms with van der Waals surface area (Å²) in [7, 11) is 0. The summed E-state index contributed by atoms with van der Waals surface area (Å²) in [4.78, 5) is 4.24. The van der Waals surface area contributed by atoms with Gasteiger partial charge in [0.1, 0.15) is 5.82 Å². The number of nitrogens with one attached hydrogen (secondary N) is 1. The Balaban J connectivity index is 1.56. The summed E-state index contributed by atoms with van der Waals surface area (Å²) in [5.74, 6) is -2.19. The molecule has 10 heteroatoms. The van der Waals surface area contributed by atoms with Gasteiger partial charge < -0.3 is 4.57 Å². The van der Waals surface area contributed by atoms with E-state index in [0.29, 0.717) is 37.5 Å². The molecule has 4 rings (SSSR count). The van der Waals surface area contributed by atoms with Gasteiger partial charge in [-0.05, 0) is 53.1 Å². The lowest BCUT2D eigenvalue weighted by Crippen LogP contribution is -2.16. The van der Waals surface area contributed by atoms with E-state index in [4.69, 9.17) is 0 Å². The molecule has 0 saturated heterocycles. The summed E-state index contributed by atoms with van der Waals surface area (Å²) in [6.45, 7) is 4.36. The van der Waals surface area contributed by atoms with Crippen molar-refractivity contribution >= 4 is 0 Å². The van der Waals surface area contributed by atoms with Gasteiger partial charge in [-0.1, -0.05) is 38.8 Å². The molecule has 0 atom stereocenters. The second-order valence-electron chi connectivity index (χ2n) is 8.10. The number of halogens is 2. The molecular weight excluding hydrogens is 426 g/mol. The largest absolute Gasteiger partial charge is 0.314 e. The first-order valence-electron chi connectivity index (χ1n) is 11.3. The number of nitrogens with zero attached hydrogens (tertiary/aromatic N) is 7. The number of aromatic nitrogens is 8. The Morgan fingerprint density at radius 1 is 1.03 bits per heavy atom. The lowest BCUT2D eigenvalue weighted by Gasteiger charge is -2.11. The lowest BCUT2D eigenvalue weighted by molar-refractivity contribution is -0.0245. The summed E-state index contributed by atoms with van der Waals surface area (Å²) in [6, 6.07) is 11.7. The fourth-order valence-corrected chi connectivity index (χ4v) is 3.69. The van der Waals surface area contributed by atoms with E-state index < -0.39 is 5.92 Å². The molecule has 0 unspecified atom stereocenters. The molecule has 174 valence electrons. The summed E-state index contributed by atoms with van der Waals surface area (Å²) in [6.07, 6.45) is 5.32. The van der Waals surface area contributed by atoms with E-state index in [9.17, 15) is 8.78 Å². The van der Waals surface area contributed by atoms with Crippen LogP contribution in [0.25, 0.3) is 17.2 Å². The molecule has 0 aliphatic rings. The fraction of sp³-hybridized carbons (Fsp3) is 0.435. The zero-order chi connectivity index (χ0) is 23.3. The van der Waals surface area contributed by atoms with Crippen molar-refractivity contribution in [1.82, 2.24) is 40.0 Å². The van der Waals surface area contributed by atoms with Crippen LogP contribution >= 0.6 is 0 Å². The Hall–Kier alpha value is -3.43. The molecule has 0 spiro atoms. The van der Waals surface area contributed by atoms with Crippen LogP contribution in [-0.4, -0.2) is 40.0 Å². The van der Waals surface area contributed by atoms with Gasteiger partial charge in [-0.25, -0.2) is 14.8 Å². The van der Waals surface area contributed by atoms with Gasteiger partial charge in [-0.2, -0.15) is 8.78 Å². The van der Waals surface area contributed by atoms with Crippen LogP contribution in [0.5, 0.6) is 0 Å². The molecular formula is C23H28F2N8. The summed E-state index contributed by atoms with van der Waals surface area (Å²) in [5.41, 5.74) is 2.73. The number of unbranched alkanes of at least 4 members (excludes halogenated alkanes) is 2. The minimum atomic E-state index is -3.01. The van der Waals surface area contributed by atoms with Crippen molar-refractivity contribution in [2.75, 3.05) is 0 Å². The second-order valence-corrected chi connectivity index (χ2v) is 8.10. The van der Waals surface area contributed by atoms with Gasteiger partial charge in [-0.15, -0.1) is 10.2 Å². The number of aryl methyl sites for hydroxylation is 1. The van der Waals surface area contributed by atoms with Gasteiger partial charge in [0.15, 0.2) is 5.82 Å². The van der Waals surface area contributed by atoms with E-state index in [0.717, 1.165) is 29.8 Å². The fourth-order valence-electron chi connectivity index (χ4n) is 3.69. The summed E-state index contributed by atoms with van der Waals surface area (Å²) >= 11 is 0. The minimum absolute atomic E-state index is 0.227. The highest BCUT2D eigenvalue weighted by atomic mass is 19.3. The molecule has 8 nitrogen and oxygen atoms in total. The van der Waals surface area contributed by atoms with Gasteiger partial charge in [-0.3, -0.25) is 0 Å². The van der Waals surface area contributed by atoms with Crippen LogP contribution in [-0.2, 0) is 18.9 Å². The average molecular weight is 455 g/mol. The van der Waals surface area contributed by atoms with Crippen molar-refractivity contribution in [2.45, 2.75) is 64.8 Å². The van der Waals surface area contributed by atoms with E-state index in [-0.39, 0.29) is 12.2 Å². The Bertz CT molecular complexity index is 1150. The first-order chi connectivity index (χ1) is 16.0. The topological polar surface area (TPSA) is 90.1 Å². The molecule has 4 aromatic rings. The zero-order valence-corrected chi connectivity index (χ0v) is 18.9. The van der Waals surface area contributed by atoms with Gasteiger partial charge in [0, 0.05) is 24.7 Å².